The van der Waals surface area contributed by atoms with Crippen molar-refractivity contribution < 1.29 is 18.5 Å². The molecule has 2 atom stereocenters. The maximum Gasteiger partial charge on any atom is 0.276 e. The van der Waals surface area contributed by atoms with Crippen molar-refractivity contribution in [2.75, 3.05) is 6.54 Å². The van der Waals surface area contributed by atoms with Crippen LogP contribution in [-0.4, -0.2) is 40.5 Å². The van der Waals surface area contributed by atoms with Gasteiger partial charge < -0.3 is 14.7 Å². The summed E-state index contributed by atoms with van der Waals surface area (Å²) >= 11 is 0. The van der Waals surface area contributed by atoms with Crippen LogP contribution in [0.3, 0.4) is 0 Å². The molecular formula is C21H24FN3O3. The predicted octanol–water partition coefficient (Wildman–Crippen LogP) is 3.41. The highest BCUT2D eigenvalue weighted by Gasteiger charge is 2.38. The minimum absolute atomic E-state index is 0.125. The van der Waals surface area contributed by atoms with E-state index in [0.717, 1.165) is 0 Å². The highest BCUT2D eigenvalue weighted by atomic mass is 19.1. The van der Waals surface area contributed by atoms with E-state index in [1.807, 2.05) is 13.8 Å². The molecule has 0 spiro atoms. The van der Waals surface area contributed by atoms with Gasteiger partial charge >= 0.3 is 0 Å². The lowest BCUT2D eigenvalue weighted by molar-refractivity contribution is -0.130. The first-order valence-electron chi connectivity index (χ1n) is 9.34. The van der Waals surface area contributed by atoms with E-state index in [4.69, 9.17) is 4.52 Å². The summed E-state index contributed by atoms with van der Waals surface area (Å²) in [5.41, 5.74) is 0.743. The van der Waals surface area contributed by atoms with E-state index < -0.39 is 6.04 Å². The van der Waals surface area contributed by atoms with E-state index in [-0.39, 0.29) is 35.3 Å². The van der Waals surface area contributed by atoms with Crippen molar-refractivity contribution in [3.8, 4) is 11.3 Å². The highest BCUT2D eigenvalue weighted by Crippen LogP contribution is 2.24. The van der Waals surface area contributed by atoms with Gasteiger partial charge in [-0.1, -0.05) is 25.1 Å². The first kappa shape index (κ1) is 19.8. The Kier molecular flexibility index (Phi) is 5.92. The molecule has 0 aliphatic carbocycles. The summed E-state index contributed by atoms with van der Waals surface area (Å²) in [4.78, 5) is 27.3. The third-order valence-corrected chi connectivity index (χ3v) is 4.71. The molecule has 2 aromatic rings. The molecule has 0 saturated carbocycles. The summed E-state index contributed by atoms with van der Waals surface area (Å²) in [5.74, 6) is -0.264. The van der Waals surface area contributed by atoms with Gasteiger partial charge in [-0.25, -0.2) is 4.39 Å². The molecule has 0 bridgehead atoms. The molecule has 7 heteroatoms. The molecule has 2 heterocycles. The van der Waals surface area contributed by atoms with Crippen molar-refractivity contribution in [1.82, 2.24) is 15.4 Å². The van der Waals surface area contributed by atoms with Crippen LogP contribution in [0.25, 0.3) is 11.3 Å². The second-order valence-electron chi connectivity index (χ2n) is 7.42. The molecule has 1 saturated heterocycles. The number of hydrogen-bond donors (Lipinski definition) is 1. The van der Waals surface area contributed by atoms with E-state index in [2.05, 4.69) is 17.1 Å². The van der Waals surface area contributed by atoms with Gasteiger partial charge in [0.15, 0.2) is 11.5 Å². The molecule has 6 nitrogen and oxygen atoms in total. The van der Waals surface area contributed by atoms with Crippen molar-refractivity contribution in [2.24, 2.45) is 5.92 Å². The number of carbonyl (C=O) groups excluding carboxylic acids is 2. The summed E-state index contributed by atoms with van der Waals surface area (Å²) < 4.78 is 18.4. The number of piperazine rings is 1. The van der Waals surface area contributed by atoms with Crippen LogP contribution in [0.1, 0.15) is 37.2 Å². The van der Waals surface area contributed by atoms with Gasteiger partial charge in [-0.3, -0.25) is 9.59 Å². The maximum absolute atomic E-state index is 13.1. The summed E-state index contributed by atoms with van der Waals surface area (Å²) in [6, 6.07) is 6.53. The molecule has 1 aromatic carbocycles. The molecule has 1 N–H and O–H groups in total. The Balaban J connectivity index is 1.85. The van der Waals surface area contributed by atoms with Crippen LogP contribution in [0.2, 0.25) is 0 Å². The van der Waals surface area contributed by atoms with Gasteiger partial charge in [-0.05, 0) is 43.0 Å². The predicted molar refractivity (Wildman–Crippen MR) is 103 cm³/mol. The summed E-state index contributed by atoms with van der Waals surface area (Å²) in [5, 5.41) is 6.85. The van der Waals surface area contributed by atoms with Gasteiger partial charge in [0, 0.05) is 24.2 Å². The SMILES string of the molecule is C=CC[C@H]1CN(C(=O)c2cc(-c3ccc(F)cc3)on2)[C@@H](CC(C)C)C(=O)N1. The van der Waals surface area contributed by atoms with E-state index in [1.165, 1.54) is 18.2 Å². The zero-order chi connectivity index (χ0) is 20.3. The number of amides is 2. The molecule has 1 fully saturated rings. The fourth-order valence-corrected chi connectivity index (χ4v) is 3.36. The fraction of sp³-hybridized carbons (Fsp3) is 0.381. The van der Waals surface area contributed by atoms with Gasteiger partial charge in [0.2, 0.25) is 5.91 Å². The Morgan fingerprint density at radius 1 is 1.43 bits per heavy atom. The first-order chi connectivity index (χ1) is 13.4. The van der Waals surface area contributed by atoms with E-state index in [1.54, 1.807) is 23.1 Å². The van der Waals surface area contributed by atoms with Crippen LogP contribution < -0.4 is 5.32 Å². The number of carbonyl (C=O) groups is 2. The van der Waals surface area contributed by atoms with Crippen LogP contribution >= 0.6 is 0 Å². The van der Waals surface area contributed by atoms with Crippen LogP contribution in [0.5, 0.6) is 0 Å². The summed E-state index contributed by atoms with van der Waals surface area (Å²) in [7, 11) is 0. The highest BCUT2D eigenvalue weighted by molar-refractivity contribution is 5.97. The summed E-state index contributed by atoms with van der Waals surface area (Å²) in [6.07, 6.45) is 2.85. The topological polar surface area (TPSA) is 75.4 Å². The van der Waals surface area contributed by atoms with Gasteiger partial charge in [0.05, 0.1) is 0 Å². The fourth-order valence-electron chi connectivity index (χ4n) is 3.36. The van der Waals surface area contributed by atoms with E-state index in [9.17, 15) is 14.0 Å². The molecule has 148 valence electrons. The number of nitrogens with zero attached hydrogens (tertiary/aromatic N) is 2. The Bertz CT molecular complexity index is 860. The Morgan fingerprint density at radius 3 is 2.79 bits per heavy atom. The molecule has 2 amide bonds. The van der Waals surface area contributed by atoms with Gasteiger partial charge in [0.1, 0.15) is 11.9 Å². The summed E-state index contributed by atoms with van der Waals surface area (Å²) in [6.45, 7) is 8.11. The number of aromatic nitrogens is 1. The second kappa shape index (κ2) is 8.37. The minimum Gasteiger partial charge on any atom is -0.355 e. The normalized spacial score (nSPS) is 19.6. The Hall–Kier alpha value is -2.96. The van der Waals surface area contributed by atoms with Crippen molar-refractivity contribution in [2.45, 2.75) is 38.8 Å². The van der Waals surface area contributed by atoms with Crippen molar-refractivity contribution in [1.29, 1.82) is 0 Å². The largest absolute Gasteiger partial charge is 0.355 e. The number of benzene rings is 1. The minimum atomic E-state index is -0.556. The number of rotatable bonds is 6. The van der Waals surface area contributed by atoms with Crippen molar-refractivity contribution in [3.05, 3.63) is 54.5 Å². The Labute approximate surface area is 163 Å². The van der Waals surface area contributed by atoms with Gasteiger partial charge in [-0.2, -0.15) is 0 Å². The molecular weight excluding hydrogens is 361 g/mol. The first-order valence-corrected chi connectivity index (χ1v) is 9.34. The molecule has 1 aliphatic rings. The van der Waals surface area contributed by atoms with Crippen LogP contribution in [0.15, 0.2) is 47.5 Å². The van der Waals surface area contributed by atoms with Crippen molar-refractivity contribution in [3.63, 3.8) is 0 Å². The lowest BCUT2D eigenvalue weighted by Gasteiger charge is -2.39. The average molecular weight is 385 g/mol. The molecule has 1 aliphatic heterocycles. The number of nitrogens with one attached hydrogen (secondary N) is 1. The lowest BCUT2D eigenvalue weighted by atomic mass is 9.97. The Morgan fingerprint density at radius 2 is 2.14 bits per heavy atom. The van der Waals surface area contributed by atoms with Gasteiger partial charge in [-0.15, -0.1) is 6.58 Å². The van der Waals surface area contributed by atoms with Gasteiger partial charge in [0.25, 0.3) is 5.91 Å². The van der Waals surface area contributed by atoms with E-state index in [0.29, 0.717) is 30.7 Å². The number of halogens is 1. The quantitative estimate of drug-likeness (QED) is 0.773. The zero-order valence-corrected chi connectivity index (χ0v) is 16.0. The standard InChI is InChI=1S/C21H24FN3O3/c1-4-5-16-12-25(18(10-13(2)3)20(26)23-16)21(27)17-11-19(28-24-17)14-6-8-15(22)9-7-14/h4,6-9,11,13,16,18H,1,5,10,12H2,2-3H3,(H,23,26)/t16-,18-/m0/s1. The van der Waals surface area contributed by atoms with Crippen LogP contribution in [-0.2, 0) is 4.79 Å². The third-order valence-electron chi connectivity index (χ3n) is 4.71. The van der Waals surface area contributed by atoms with Crippen molar-refractivity contribution >= 4 is 11.8 Å². The zero-order valence-electron chi connectivity index (χ0n) is 16.0. The average Bonchev–Trinajstić information content (AvgIpc) is 3.14. The monoisotopic (exact) mass is 385 g/mol. The number of hydrogen-bond acceptors (Lipinski definition) is 4. The van der Waals surface area contributed by atoms with E-state index >= 15 is 0 Å². The smallest absolute Gasteiger partial charge is 0.276 e. The third kappa shape index (κ3) is 4.30. The van der Waals surface area contributed by atoms with Crippen LogP contribution in [0, 0.1) is 11.7 Å². The molecule has 1 aromatic heterocycles. The second-order valence-corrected chi connectivity index (χ2v) is 7.42. The molecule has 3 rings (SSSR count). The molecule has 0 radical (unpaired) electrons. The van der Waals surface area contributed by atoms with Crippen LogP contribution in [0.4, 0.5) is 4.39 Å². The molecule has 28 heavy (non-hydrogen) atoms. The maximum atomic E-state index is 13.1. The molecule has 0 unspecified atom stereocenters. The lowest BCUT2D eigenvalue weighted by Crippen LogP contribution is -2.61.